The Hall–Kier alpha value is -3.46. The summed E-state index contributed by atoms with van der Waals surface area (Å²) in [4.78, 5) is 26.5. The van der Waals surface area contributed by atoms with E-state index in [1.807, 2.05) is 55.6 Å². The summed E-state index contributed by atoms with van der Waals surface area (Å²) in [6, 6.07) is 17.3. The fourth-order valence-electron chi connectivity index (χ4n) is 4.17. The first kappa shape index (κ1) is 36.0. The minimum absolute atomic E-state index is 0.0140. The van der Waals surface area contributed by atoms with E-state index < -0.39 is 37.8 Å². The molecule has 10 nitrogen and oxygen atoms in total. The van der Waals surface area contributed by atoms with Crippen molar-refractivity contribution in [3.05, 3.63) is 75.8 Å². The Morgan fingerprint density at radius 1 is 1.04 bits per heavy atom. The van der Waals surface area contributed by atoms with Crippen molar-refractivity contribution in [1.29, 1.82) is 5.26 Å². The molecular weight excluding hydrogens is 633 g/mol. The van der Waals surface area contributed by atoms with E-state index in [0.29, 0.717) is 11.3 Å². The van der Waals surface area contributed by atoms with Crippen LogP contribution in [0.2, 0.25) is 0 Å². The molecule has 3 aromatic rings. The second-order valence-electron chi connectivity index (χ2n) is 10.6. The van der Waals surface area contributed by atoms with E-state index in [4.69, 9.17) is 30.4 Å². The Kier molecular flexibility index (Phi) is 13.4. The van der Waals surface area contributed by atoms with Gasteiger partial charge >= 0.3 is 13.7 Å². The molecule has 3 rings (SSSR count). The summed E-state index contributed by atoms with van der Waals surface area (Å²) in [7, 11) is -4.28. The van der Waals surface area contributed by atoms with Crippen LogP contribution >= 0.6 is 31.6 Å². The van der Waals surface area contributed by atoms with Crippen molar-refractivity contribution in [1.82, 2.24) is 5.32 Å². The highest BCUT2D eigenvalue weighted by Crippen LogP contribution is 2.52. The third-order valence-corrected chi connectivity index (χ3v) is 9.73. The van der Waals surface area contributed by atoms with Gasteiger partial charge in [-0.25, -0.2) is 4.79 Å². The molecule has 45 heavy (non-hydrogen) atoms. The van der Waals surface area contributed by atoms with Crippen molar-refractivity contribution >= 4 is 54.8 Å². The van der Waals surface area contributed by atoms with Gasteiger partial charge in [0.2, 0.25) is 11.8 Å². The summed E-state index contributed by atoms with van der Waals surface area (Å²) in [6.07, 6.45) is 0.165. The first-order valence-corrected chi connectivity index (χ1v) is 17.7. The van der Waals surface area contributed by atoms with E-state index in [-0.39, 0.29) is 40.1 Å². The lowest BCUT2D eigenvalue weighted by Gasteiger charge is -2.25. The zero-order valence-corrected chi connectivity index (χ0v) is 28.6. The van der Waals surface area contributed by atoms with Gasteiger partial charge in [-0.2, -0.15) is 17.0 Å². The molecule has 0 radical (unpaired) electrons. The number of rotatable bonds is 14. The van der Waals surface area contributed by atoms with Crippen molar-refractivity contribution in [2.24, 2.45) is 0 Å². The molecule has 1 heterocycles. The number of aryl methyl sites for hydroxylation is 1. The molecular formula is C32H38N3O7PS2. The average molecular weight is 672 g/mol. The van der Waals surface area contributed by atoms with Gasteiger partial charge in [0.1, 0.15) is 29.6 Å². The third-order valence-electron chi connectivity index (χ3n) is 6.16. The number of carbonyl (C=O) groups is 2. The van der Waals surface area contributed by atoms with Crippen LogP contribution in [0.1, 0.15) is 50.8 Å². The largest absolute Gasteiger partial charge is 0.445 e. The van der Waals surface area contributed by atoms with Gasteiger partial charge < -0.3 is 23.5 Å². The average Bonchev–Trinajstić information content (AvgIpc) is 2.97. The number of nitriles is 1. The van der Waals surface area contributed by atoms with Gasteiger partial charge in [0.15, 0.2) is 5.76 Å². The molecule has 0 saturated carbocycles. The first-order chi connectivity index (χ1) is 21.4. The third kappa shape index (κ3) is 10.0. The van der Waals surface area contributed by atoms with Crippen LogP contribution < -0.4 is 15.9 Å². The maximum atomic E-state index is 14.4. The molecule has 0 saturated heterocycles. The predicted molar refractivity (Wildman–Crippen MR) is 179 cm³/mol. The molecule has 1 aromatic heterocycles. The van der Waals surface area contributed by atoms with Crippen LogP contribution in [-0.2, 0) is 29.8 Å². The highest BCUT2D eigenvalue weighted by atomic mass is 32.2. The molecule has 0 aliphatic carbocycles. The number of ether oxygens (including phenoxy) is 1. The van der Waals surface area contributed by atoms with E-state index in [9.17, 15) is 19.4 Å². The maximum absolute atomic E-state index is 14.4. The van der Waals surface area contributed by atoms with Crippen molar-refractivity contribution < 1.29 is 32.4 Å². The molecule has 2 amide bonds. The van der Waals surface area contributed by atoms with Gasteiger partial charge in [-0.05, 0) is 58.6 Å². The second-order valence-corrected chi connectivity index (χ2v) is 13.9. The second kappa shape index (κ2) is 16.7. The Balaban J connectivity index is 2.10. The fourth-order valence-corrected chi connectivity index (χ4v) is 7.28. The predicted octanol–water partition coefficient (Wildman–Crippen LogP) is 7.51. The number of thioether (sulfide) groups is 1. The van der Waals surface area contributed by atoms with Crippen molar-refractivity contribution in [2.45, 2.75) is 65.9 Å². The normalized spacial score (nSPS) is 12.1. The number of hydrogen-bond donors (Lipinski definition) is 2. The van der Waals surface area contributed by atoms with Crippen LogP contribution in [0.4, 0.5) is 10.7 Å². The molecule has 0 bridgehead atoms. The fraction of sp³-hybridized carbons (Fsp3) is 0.375. The summed E-state index contributed by atoms with van der Waals surface area (Å²) in [5.74, 6) is -0.392. The number of nitrogens with zero attached hydrogens (tertiary/aromatic N) is 1. The minimum Gasteiger partial charge on any atom is -0.445 e. The molecule has 0 unspecified atom stereocenters. The standard InChI is InChI=1S/C32H38N3O7PS2/c1-20(2)41-43(38,42-21(3)4)28-29(44)25(18-33)27(24-14-12-22(5)13-15-24)40-31(28)35-30(36)26(16-17-45-6)34-32(37)39-19-23-10-8-7-9-11-23/h7-15,20-21,26H,16-17,19H2,1-6H3,(H,34,37)(H,35,36)/t26-/m1/s1. The lowest BCUT2D eigenvalue weighted by atomic mass is 10.1. The van der Waals surface area contributed by atoms with Gasteiger partial charge in [-0.3, -0.25) is 14.7 Å². The van der Waals surface area contributed by atoms with Crippen LogP contribution in [0.5, 0.6) is 0 Å². The van der Waals surface area contributed by atoms with Gasteiger partial charge in [0.05, 0.1) is 16.7 Å². The Bertz CT molecular complexity index is 1610. The molecule has 0 aliphatic rings. The molecule has 0 spiro atoms. The Morgan fingerprint density at radius 3 is 2.22 bits per heavy atom. The number of anilines is 1. The van der Waals surface area contributed by atoms with Crippen LogP contribution in [0.25, 0.3) is 11.3 Å². The van der Waals surface area contributed by atoms with E-state index in [1.165, 1.54) is 11.8 Å². The highest BCUT2D eigenvalue weighted by molar-refractivity contribution is 7.98. The van der Waals surface area contributed by atoms with Crippen molar-refractivity contribution in [3.63, 3.8) is 0 Å². The number of nitrogens with one attached hydrogen (secondary N) is 2. The van der Waals surface area contributed by atoms with Crippen LogP contribution in [0, 0.1) is 22.8 Å². The van der Waals surface area contributed by atoms with Crippen LogP contribution in [0.15, 0.2) is 59.0 Å². The molecule has 13 heteroatoms. The number of alkyl carbamates (subject to hydrolysis) is 1. The summed E-state index contributed by atoms with van der Waals surface area (Å²) in [5.41, 5.74) is 2.20. The zero-order valence-electron chi connectivity index (χ0n) is 26.1. The Labute approximate surface area is 273 Å². The molecule has 1 atom stereocenters. The number of benzene rings is 2. The zero-order chi connectivity index (χ0) is 33.1. The minimum atomic E-state index is -4.28. The lowest BCUT2D eigenvalue weighted by Crippen LogP contribution is -2.45. The van der Waals surface area contributed by atoms with E-state index in [0.717, 1.165) is 11.1 Å². The lowest BCUT2D eigenvalue weighted by molar-refractivity contribution is -0.118. The molecule has 0 aliphatic heterocycles. The summed E-state index contributed by atoms with van der Waals surface area (Å²) < 4.78 is 37.4. The highest BCUT2D eigenvalue weighted by Gasteiger charge is 2.39. The summed E-state index contributed by atoms with van der Waals surface area (Å²) in [6.45, 7) is 8.61. The monoisotopic (exact) mass is 671 g/mol. The van der Waals surface area contributed by atoms with Gasteiger partial charge in [-0.1, -0.05) is 72.4 Å². The molecule has 0 fully saturated rings. The van der Waals surface area contributed by atoms with E-state index in [2.05, 4.69) is 16.7 Å². The van der Waals surface area contributed by atoms with E-state index >= 15 is 0 Å². The smallest absolute Gasteiger partial charge is 0.408 e. The SMILES string of the molecule is CSCC[C@@H](NC(=O)OCc1ccccc1)C(=O)Nc1oc(-c2ccc(C)cc2)c(C#N)c(=S)c1P(=O)(OC(C)C)OC(C)C. The first-order valence-electron chi connectivity index (χ1n) is 14.3. The van der Waals surface area contributed by atoms with Crippen LogP contribution in [-0.4, -0.2) is 42.3 Å². The molecule has 2 N–H and O–H groups in total. The topological polar surface area (TPSA) is 140 Å². The van der Waals surface area contributed by atoms with E-state index in [1.54, 1.807) is 39.8 Å². The van der Waals surface area contributed by atoms with Gasteiger partial charge in [0, 0.05) is 5.56 Å². The van der Waals surface area contributed by atoms with Gasteiger partial charge in [-0.15, -0.1) is 0 Å². The molecule has 2 aromatic carbocycles. The van der Waals surface area contributed by atoms with Gasteiger partial charge in [0.25, 0.3) is 0 Å². The summed E-state index contributed by atoms with van der Waals surface area (Å²) in [5, 5.41) is 15.2. The van der Waals surface area contributed by atoms with Crippen LogP contribution in [0.3, 0.4) is 0 Å². The molecule has 240 valence electrons. The number of carbonyl (C=O) groups excluding carboxylic acids is 2. The van der Waals surface area contributed by atoms with Crippen molar-refractivity contribution in [3.8, 4) is 17.4 Å². The number of amides is 2. The number of hydrogen-bond acceptors (Lipinski definition) is 10. The Morgan fingerprint density at radius 2 is 1.67 bits per heavy atom. The quantitative estimate of drug-likeness (QED) is 0.131. The summed E-state index contributed by atoms with van der Waals surface area (Å²) >= 11 is 7.21. The van der Waals surface area contributed by atoms with Crippen molar-refractivity contribution in [2.75, 3.05) is 17.3 Å². The maximum Gasteiger partial charge on any atom is 0.408 e.